The van der Waals surface area contributed by atoms with E-state index in [2.05, 4.69) is 35.4 Å². The highest BCUT2D eigenvalue weighted by atomic mass is 32.1. The molecule has 1 aliphatic rings. The molecule has 28 heavy (non-hydrogen) atoms. The van der Waals surface area contributed by atoms with Gasteiger partial charge in [-0.15, -0.1) is 11.3 Å². The van der Waals surface area contributed by atoms with E-state index in [4.69, 9.17) is 0 Å². The molecule has 0 spiro atoms. The zero-order valence-corrected chi connectivity index (χ0v) is 16.9. The fraction of sp³-hybridized carbons (Fsp3) is 0.429. The molecule has 1 N–H and O–H groups in total. The zero-order chi connectivity index (χ0) is 19.9. The molecule has 0 radical (unpaired) electrons. The zero-order valence-electron chi connectivity index (χ0n) is 16.1. The minimum Gasteiger partial charge on any atom is -0.302 e. The van der Waals surface area contributed by atoms with Crippen LogP contribution in [0.2, 0.25) is 0 Å². The van der Waals surface area contributed by atoms with Crippen molar-refractivity contribution in [2.75, 3.05) is 11.9 Å². The molecule has 1 aromatic carbocycles. The van der Waals surface area contributed by atoms with Gasteiger partial charge in [-0.25, -0.2) is 4.98 Å². The van der Waals surface area contributed by atoms with Gasteiger partial charge in [0.2, 0.25) is 17.7 Å². The summed E-state index contributed by atoms with van der Waals surface area (Å²) in [4.78, 5) is 41.9. The van der Waals surface area contributed by atoms with Crippen LogP contribution in [0.25, 0.3) is 0 Å². The first-order chi connectivity index (χ1) is 13.5. The molecule has 3 rings (SSSR count). The lowest BCUT2D eigenvalue weighted by Crippen LogP contribution is -2.29. The van der Waals surface area contributed by atoms with Crippen molar-refractivity contribution in [2.45, 2.75) is 51.9 Å². The maximum Gasteiger partial charge on any atom is 0.229 e. The van der Waals surface area contributed by atoms with Crippen LogP contribution in [0.3, 0.4) is 0 Å². The summed E-state index contributed by atoms with van der Waals surface area (Å²) in [5.74, 6) is -0.203. The monoisotopic (exact) mass is 399 g/mol. The number of unbranched alkanes of at least 4 members (excludes halogenated alkanes) is 2. The minimum absolute atomic E-state index is 0.0511. The number of carbonyl (C=O) groups excluding carboxylic acids is 3. The van der Waals surface area contributed by atoms with E-state index in [0.29, 0.717) is 30.9 Å². The lowest BCUT2D eigenvalue weighted by molar-refractivity contribution is -0.138. The number of thiazole rings is 1. The number of hydrogen-bond acceptors (Lipinski definition) is 5. The molecule has 1 aliphatic heterocycles. The van der Waals surface area contributed by atoms with Gasteiger partial charge in [-0.2, -0.15) is 0 Å². The van der Waals surface area contributed by atoms with Gasteiger partial charge in [0.25, 0.3) is 0 Å². The van der Waals surface area contributed by atoms with E-state index < -0.39 is 0 Å². The van der Waals surface area contributed by atoms with E-state index in [1.165, 1.54) is 27.4 Å². The lowest BCUT2D eigenvalue weighted by atomic mass is 10.1. The summed E-state index contributed by atoms with van der Waals surface area (Å²) in [6.07, 6.45) is 5.97. The van der Waals surface area contributed by atoms with Crippen LogP contribution in [0.15, 0.2) is 30.5 Å². The van der Waals surface area contributed by atoms with Crippen molar-refractivity contribution in [3.8, 4) is 0 Å². The van der Waals surface area contributed by atoms with Gasteiger partial charge >= 0.3 is 0 Å². The number of imide groups is 1. The Morgan fingerprint density at radius 2 is 1.96 bits per heavy atom. The smallest absolute Gasteiger partial charge is 0.229 e. The predicted octanol–water partition coefficient (Wildman–Crippen LogP) is 3.69. The van der Waals surface area contributed by atoms with Crippen LogP contribution in [0.5, 0.6) is 0 Å². The summed E-state index contributed by atoms with van der Waals surface area (Å²) in [5, 5.41) is 3.48. The average molecular weight is 400 g/mol. The van der Waals surface area contributed by atoms with Crippen LogP contribution in [0.1, 0.15) is 54.5 Å². The second-order valence-electron chi connectivity index (χ2n) is 7.10. The maximum atomic E-state index is 12.1. The Hall–Kier alpha value is -2.54. The van der Waals surface area contributed by atoms with Crippen molar-refractivity contribution in [3.63, 3.8) is 0 Å². The summed E-state index contributed by atoms with van der Waals surface area (Å²) in [6, 6.07) is 8.36. The fourth-order valence-corrected chi connectivity index (χ4v) is 4.12. The first kappa shape index (κ1) is 20.2. The Balaban J connectivity index is 1.35. The number of hydrogen-bond donors (Lipinski definition) is 1. The number of anilines is 1. The molecule has 0 aliphatic carbocycles. The molecule has 1 aromatic heterocycles. The topological polar surface area (TPSA) is 79.4 Å². The van der Waals surface area contributed by atoms with Crippen molar-refractivity contribution < 1.29 is 14.4 Å². The Bertz CT molecular complexity index is 846. The Labute approximate surface area is 169 Å². The Kier molecular flexibility index (Phi) is 6.92. The third-order valence-corrected chi connectivity index (χ3v) is 5.61. The van der Waals surface area contributed by atoms with Crippen LogP contribution < -0.4 is 5.32 Å². The number of aromatic nitrogens is 1. The first-order valence-corrected chi connectivity index (χ1v) is 10.5. The quantitative estimate of drug-likeness (QED) is 0.515. The standard InChI is InChI=1S/C21H25N3O3S/c1-15-6-5-7-16(12-15)13-17-14-22-21(28-17)23-18(25)8-3-2-4-11-24-19(26)9-10-20(24)27/h5-7,12,14H,2-4,8-11,13H2,1H3,(H,22,23,25). The van der Waals surface area contributed by atoms with Crippen molar-refractivity contribution in [2.24, 2.45) is 0 Å². The van der Waals surface area contributed by atoms with Crippen LogP contribution in [-0.4, -0.2) is 34.2 Å². The molecule has 0 saturated carbocycles. The molecule has 6 nitrogen and oxygen atoms in total. The van der Waals surface area contributed by atoms with E-state index >= 15 is 0 Å². The summed E-state index contributed by atoms with van der Waals surface area (Å²) in [7, 11) is 0. The molecule has 2 heterocycles. The SMILES string of the molecule is Cc1cccc(Cc2cnc(NC(=O)CCCCCN3C(=O)CCC3=O)s2)c1. The van der Waals surface area contributed by atoms with Crippen molar-refractivity contribution in [3.05, 3.63) is 46.5 Å². The summed E-state index contributed by atoms with van der Waals surface area (Å²) in [6.45, 7) is 2.54. The first-order valence-electron chi connectivity index (χ1n) is 9.64. The number of benzene rings is 1. The third-order valence-electron chi connectivity index (χ3n) is 4.70. The van der Waals surface area contributed by atoms with E-state index in [0.717, 1.165) is 30.6 Å². The second-order valence-corrected chi connectivity index (χ2v) is 8.21. The molecule has 7 heteroatoms. The molecule has 0 atom stereocenters. The Morgan fingerprint density at radius 1 is 1.18 bits per heavy atom. The van der Waals surface area contributed by atoms with Crippen LogP contribution in [0, 0.1) is 6.92 Å². The molecule has 0 bridgehead atoms. The van der Waals surface area contributed by atoms with Crippen molar-refractivity contribution in [1.29, 1.82) is 0 Å². The summed E-state index contributed by atoms with van der Waals surface area (Å²) >= 11 is 1.50. The van der Waals surface area contributed by atoms with Gasteiger partial charge in [0.15, 0.2) is 5.13 Å². The number of aryl methyl sites for hydroxylation is 1. The highest BCUT2D eigenvalue weighted by Gasteiger charge is 2.27. The van der Waals surface area contributed by atoms with Gasteiger partial charge in [-0.3, -0.25) is 19.3 Å². The van der Waals surface area contributed by atoms with Gasteiger partial charge in [0.05, 0.1) is 0 Å². The molecular weight excluding hydrogens is 374 g/mol. The number of nitrogens with zero attached hydrogens (tertiary/aromatic N) is 2. The number of likely N-dealkylation sites (tertiary alicyclic amines) is 1. The van der Waals surface area contributed by atoms with Gasteiger partial charge in [-0.05, 0) is 25.3 Å². The van der Waals surface area contributed by atoms with Crippen molar-refractivity contribution >= 4 is 34.2 Å². The normalized spacial score (nSPS) is 14.0. The maximum absolute atomic E-state index is 12.1. The number of nitrogens with one attached hydrogen (secondary N) is 1. The minimum atomic E-state index is -0.0759. The number of amides is 3. The molecule has 3 amide bonds. The summed E-state index contributed by atoms with van der Waals surface area (Å²) in [5.41, 5.74) is 2.46. The highest BCUT2D eigenvalue weighted by molar-refractivity contribution is 7.15. The highest BCUT2D eigenvalue weighted by Crippen LogP contribution is 2.22. The van der Waals surface area contributed by atoms with Crippen LogP contribution >= 0.6 is 11.3 Å². The fourth-order valence-electron chi connectivity index (χ4n) is 3.26. The predicted molar refractivity (Wildman–Crippen MR) is 109 cm³/mol. The van der Waals surface area contributed by atoms with Gasteiger partial charge in [-0.1, -0.05) is 36.2 Å². The van der Waals surface area contributed by atoms with Gasteiger partial charge in [0.1, 0.15) is 0 Å². The van der Waals surface area contributed by atoms with Crippen molar-refractivity contribution in [1.82, 2.24) is 9.88 Å². The van der Waals surface area contributed by atoms with E-state index in [1.54, 1.807) is 0 Å². The largest absolute Gasteiger partial charge is 0.302 e. The number of carbonyl (C=O) groups is 3. The van der Waals surface area contributed by atoms with Gasteiger partial charge in [0, 0.05) is 43.3 Å². The second kappa shape index (κ2) is 9.59. The molecule has 2 aromatic rings. The lowest BCUT2D eigenvalue weighted by Gasteiger charge is -2.12. The molecule has 1 saturated heterocycles. The van der Waals surface area contributed by atoms with Crippen LogP contribution in [-0.2, 0) is 20.8 Å². The number of rotatable bonds is 9. The van der Waals surface area contributed by atoms with E-state index in [1.807, 2.05) is 12.3 Å². The van der Waals surface area contributed by atoms with Gasteiger partial charge < -0.3 is 5.32 Å². The third kappa shape index (κ3) is 5.73. The Morgan fingerprint density at radius 3 is 2.71 bits per heavy atom. The van der Waals surface area contributed by atoms with E-state index in [9.17, 15) is 14.4 Å². The molecule has 1 fully saturated rings. The molecule has 0 unspecified atom stereocenters. The average Bonchev–Trinajstić information content (AvgIpc) is 3.22. The summed E-state index contributed by atoms with van der Waals surface area (Å²) < 4.78 is 0. The molecular formula is C21H25N3O3S. The van der Waals surface area contributed by atoms with E-state index in [-0.39, 0.29) is 17.7 Å². The molecule has 148 valence electrons. The van der Waals surface area contributed by atoms with Crippen LogP contribution in [0.4, 0.5) is 5.13 Å².